The van der Waals surface area contributed by atoms with Gasteiger partial charge in [0.2, 0.25) is 5.91 Å². The molecule has 0 unspecified atom stereocenters. The van der Waals surface area contributed by atoms with Crippen LogP contribution in [0.15, 0.2) is 30.3 Å². The summed E-state index contributed by atoms with van der Waals surface area (Å²) in [5.74, 6) is 0.174. The van der Waals surface area contributed by atoms with E-state index in [1.54, 1.807) is 0 Å². The summed E-state index contributed by atoms with van der Waals surface area (Å²) < 4.78 is 0. The van der Waals surface area contributed by atoms with Crippen molar-refractivity contribution in [3.8, 4) is 0 Å². The van der Waals surface area contributed by atoms with Crippen LogP contribution in [0.25, 0.3) is 0 Å². The largest absolute Gasteiger partial charge is 0.391 e. The number of nitrogens with one attached hydrogen (secondary N) is 1. The minimum absolute atomic E-state index is 0.0590. The molecule has 2 aliphatic heterocycles. The van der Waals surface area contributed by atoms with E-state index in [4.69, 9.17) is 0 Å². The second kappa shape index (κ2) is 7.21. The number of aliphatic hydroxyl groups excluding tert-OH is 1. The molecule has 1 saturated heterocycles. The Hall–Kier alpha value is -2.18. The highest BCUT2D eigenvalue weighted by atomic mass is 16.3. The molecule has 2 atom stereocenters. The van der Waals surface area contributed by atoms with Gasteiger partial charge in [0.1, 0.15) is 0 Å². The van der Waals surface area contributed by atoms with E-state index in [1.807, 2.05) is 17.9 Å². The third kappa shape index (κ3) is 3.66. The van der Waals surface area contributed by atoms with Crippen LogP contribution in [0.3, 0.4) is 0 Å². The van der Waals surface area contributed by atoms with E-state index in [0.717, 1.165) is 30.9 Å². The number of β-amino-alcohol motifs (C(OH)–C–C–N with tert-alkyl or cyclic N) is 1. The van der Waals surface area contributed by atoms with Crippen LogP contribution >= 0.6 is 0 Å². The summed E-state index contributed by atoms with van der Waals surface area (Å²) in [6.07, 6.45) is 1.22. The van der Waals surface area contributed by atoms with Gasteiger partial charge in [0.05, 0.1) is 18.3 Å². The average molecular weight is 354 g/mol. The highest BCUT2D eigenvalue weighted by molar-refractivity contribution is 5.78. The molecular formula is C20H26N4O2. The summed E-state index contributed by atoms with van der Waals surface area (Å²) >= 11 is 0. The number of aromatic nitrogens is 2. The second-order valence-corrected chi connectivity index (χ2v) is 7.60. The fourth-order valence-corrected chi connectivity index (χ4v) is 4.09. The molecule has 4 rings (SSSR count). The lowest BCUT2D eigenvalue weighted by Crippen LogP contribution is -2.41. The highest BCUT2D eigenvalue weighted by Gasteiger charge is 2.35. The van der Waals surface area contributed by atoms with E-state index in [9.17, 15) is 9.90 Å². The SMILES string of the molecule is Cc1cc(C[C@@H]2CN(C(=O)CN3CCc4ccccc4C3)C[C@H]2O)n[nH]1. The van der Waals surface area contributed by atoms with Crippen molar-refractivity contribution in [1.29, 1.82) is 0 Å². The molecule has 2 N–H and O–H groups in total. The Kier molecular flexibility index (Phi) is 4.78. The van der Waals surface area contributed by atoms with Crippen LogP contribution in [0.1, 0.15) is 22.5 Å². The average Bonchev–Trinajstić information content (AvgIpc) is 3.21. The van der Waals surface area contributed by atoms with Gasteiger partial charge >= 0.3 is 0 Å². The molecule has 138 valence electrons. The number of carbonyl (C=O) groups excluding carboxylic acids is 1. The maximum absolute atomic E-state index is 12.7. The number of aliphatic hydroxyl groups is 1. The van der Waals surface area contributed by atoms with Crippen molar-refractivity contribution < 1.29 is 9.90 Å². The van der Waals surface area contributed by atoms with Crippen molar-refractivity contribution >= 4 is 5.91 Å². The minimum Gasteiger partial charge on any atom is -0.391 e. The molecule has 6 heteroatoms. The summed E-state index contributed by atoms with van der Waals surface area (Å²) in [5, 5.41) is 17.6. The number of amides is 1. The number of likely N-dealkylation sites (tertiary alicyclic amines) is 1. The fraction of sp³-hybridized carbons (Fsp3) is 0.500. The third-order valence-corrected chi connectivity index (χ3v) is 5.56. The molecule has 3 heterocycles. The van der Waals surface area contributed by atoms with E-state index < -0.39 is 6.10 Å². The van der Waals surface area contributed by atoms with Crippen LogP contribution in [0, 0.1) is 12.8 Å². The van der Waals surface area contributed by atoms with Gasteiger partial charge in [-0.1, -0.05) is 24.3 Å². The van der Waals surface area contributed by atoms with Gasteiger partial charge in [-0.2, -0.15) is 5.10 Å². The molecule has 1 aromatic heterocycles. The molecule has 2 aliphatic rings. The van der Waals surface area contributed by atoms with E-state index in [0.29, 0.717) is 26.1 Å². The first-order valence-electron chi connectivity index (χ1n) is 9.34. The lowest BCUT2D eigenvalue weighted by Gasteiger charge is -2.29. The fourth-order valence-electron chi connectivity index (χ4n) is 4.09. The summed E-state index contributed by atoms with van der Waals surface area (Å²) in [5.41, 5.74) is 4.68. The van der Waals surface area contributed by atoms with Crippen molar-refractivity contribution in [2.45, 2.75) is 32.4 Å². The zero-order valence-electron chi connectivity index (χ0n) is 15.2. The van der Waals surface area contributed by atoms with Crippen molar-refractivity contribution in [2.24, 2.45) is 5.92 Å². The third-order valence-electron chi connectivity index (χ3n) is 5.56. The maximum Gasteiger partial charge on any atom is 0.236 e. The molecule has 2 aromatic rings. The van der Waals surface area contributed by atoms with E-state index >= 15 is 0 Å². The second-order valence-electron chi connectivity index (χ2n) is 7.60. The number of nitrogens with zero attached hydrogens (tertiary/aromatic N) is 3. The number of carbonyl (C=O) groups is 1. The zero-order valence-corrected chi connectivity index (χ0v) is 15.2. The molecule has 6 nitrogen and oxygen atoms in total. The molecule has 26 heavy (non-hydrogen) atoms. The molecule has 0 saturated carbocycles. The Balaban J connectivity index is 1.33. The Morgan fingerprint density at radius 3 is 2.88 bits per heavy atom. The van der Waals surface area contributed by atoms with Gasteiger partial charge in [0.15, 0.2) is 0 Å². The molecule has 0 aliphatic carbocycles. The van der Waals surface area contributed by atoms with Gasteiger partial charge in [-0.3, -0.25) is 14.8 Å². The maximum atomic E-state index is 12.7. The molecule has 0 bridgehead atoms. The first-order chi connectivity index (χ1) is 12.6. The minimum atomic E-state index is -0.474. The molecule has 1 amide bonds. The molecular weight excluding hydrogens is 328 g/mol. The number of fused-ring (bicyclic) bond motifs is 1. The Bertz CT molecular complexity index is 788. The van der Waals surface area contributed by atoms with Gasteiger partial charge in [0.25, 0.3) is 0 Å². The van der Waals surface area contributed by atoms with Gasteiger partial charge < -0.3 is 10.0 Å². The number of aromatic amines is 1. The molecule has 0 radical (unpaired) electrons. The van der Waals surface area contributed by atoms with Crippen LogP contribution in [-0.2, 0) is 24.2 Å². The Labute approximate surface area is 153 Å². The predicted octanol–water partition coefficient (Wildman–Crippen LogP) is 1.14. The van der Waals surface area contributed by atoms with Gasteiger partial charge in [-0.15, -0.1) is 0 Å². The van der Waals surface area contributed by atoms with E-state index in [2.05, 4.69) is 39.4 Å². The van der Waals surface area contributed by atoms with Crippen LogP contribution in [-0.4, -0.2) is 63.3 Å². The van der Waals surface area contributed by atoms with Crippen LogP contribution in [0.5, 0.6) is 0 Å². The van der Waals surface area contributed by atoms with Crippen LogP contribution in [0.4, 0.5) is 0 Å². The topological polar surface area (TPSA) is 72.5 Å². The normalized spacial score (nSPS) is 23.2. The van der Waals surface area contributed by atoms with Gasteiger partial charge in [0, 0.05) is 37.8 Å². The predicted molar refractivity (Wildman–Crippen MR) is 98.5 cm³/mol. The monoisotopic (exact) mass is 354 g/mol. The van der Waals surface area contributed by atoms with Crippen molar-refractivity contribution in [1.82, 2.24) is 20.0 Å². The Morgan fingerprint density at radius 1 is 1.31 bits per heavy atom. The standard InChI is InChI=1S/C20H26N4O2/c1-14-8-18(22-21-14)9-17-11-24(12-19(17)25)20(26)13-23-7-6-15-4-2-3-5-16(15)10-23/h2-5,8,17,19,25H,6-7,9-13H2,1H3,(H,21,22)/t17-,19-/m1/s1. The number of rotatable bonds is 4. The summed E-state index contributed by atoms with van der Waals surface area (Å²) in [6.45, 7) is 5.17. The number of hydrogen-bond donors (Lipinski definition) is 2. The summed E-state index contributed by atoms with van der Waals surface area (Å²) in [4.78, 5) is 16.7. The number of H-pyrrole nitrogens is 1. The van der Waals surface area contributed by atoms with Crippen LogP contribution < -0.4 is 0 Å². The van der Waals surface area contributed by atoms with Crippen molar-refractivity contribution in [2.75, 3.05) is 26.2 Å². The van der Waals surface area contributed by atoms with E-state index in [1.165, 1.54) is 11.1 Å². The smallest absolute Gasteiger partial charge is 0.236 e. The number of aryl methyl sites for hydroxylation is 1. The molecule has 0 spiro atoms. The van der Waals surface area contributed by atoms with E-state index in [-0.39, 0.29) is 11.8 Å². The van der Waals surface area contributed by atoms with Gasteiger partial charge in [-0.05, 0) is 37.0 Å². The molecule has 1 aromatic carbocycles. The summed E-state index contributed by atoms with van der Waals surface area (Å²) in [6, 6.07) is 10.5. The van der Waals surface area contributed by atoms with Gasteiger partial charge in [-0.25, -0.2) is 0 Å². The first-order valence-corrected chi connectivity index (χ1v) is 9.34. The first kappa shape index (κ1) is 17.2. The zero-order chi connectivity index (χ0) is 18.1. The lowest BCUT2D eigenvalue weighted by molar-refractivity contribution is -0.132. The number of benzene rings is 1. The lowest BCUT2D eigenvalue weighted by atomic mass is 10.00. The quantitative estimate of drug-likeness (QED) is 0.864. The van der Waals surface area contributed by atoms with Crippen molar-refractivity contribution in [3.05, 3.63) is 52.8 Å². The summed E-state index contributed by atoms with van der Waals surface area (Å²) in [7, 11) is 0. The molecule has 1 fully saturated rings. The number of hydrogen-bond acceptors (Lipinski definition) is 4. The highest BCUT2D eigenvalue weighted by Crippen LogP contribution is 2.23. The Morgan fingerprint density at radius 2 is 2.12 bits per heavy atom. The van der Waals surface area contributed by atoms with Crippen LogP contribution in [0.2, 0.25) is 0 Å². The van der Waals surface area contributed by atoms with Crippen molar-refractivity contribution in [3.63, 3.8) is 0 Å².